The van der Waals surface area contributed by atoms with Crippen molar-refractivity contribution in [2.45, 2.75) is 13.5 Å². The molecule has 0 aliphatic carbocycles. The molecule has 34 heavy (non-hydrogen) atoms. The maximum atomic E-state index is 12.2. The van der Waals surface area contributed by atoms with Crippen LogP contribution in [0.1, 0.15) is 32.6 Å². The first-order valence-corrected chi connectivity index (χ1v) is 10.5. The van der Waals surface area contributed by atoms with Gasteiger partial charge in [0.25, 0.3) is 11.6 Å². The molecule has 3 rings (SSSR count). The molecule has 15 nitrogen and oxygen atoms in total. The Bertz CT molecular complexity index is 1290. The molecule has 0 saturated heterocycles. The number of non-ortho nitro benzene ring substituents is 1. The number of nitro groups is 2. The molecule has 2 amide bonds. The number of hydrogen-bond donors (Lipinski definition) is 2. The molecule has 0 radical (unpaired) electrons. The molecule has 0 aliphatic heterocycles. The Labute approximate surface area is 202 Å². The third-order valence-electron chi connectivity index (χ3n) is 4.35. The van der Waals surface area contributed by atoms with E-state index >= 15 is 0 Å². The largest absolute Gasteiger partial charge is 0.404 e. The van der Waals surface area contributed by atoms with Crippen molar-refractivity contribution in [3.8, 4) is 0 Å². The first-order valence-electron chi connectivity index (χ1n) is 9.28. The highest BCUT2D eigenvalue weighted by atomic mass is 79.9. The maximum absolute atomic E-state index is 12.2. The summed E-state index contributed by atoms with van der Waals surface area (Å²) < 4.78 is 6.40. The van der Waals surface area contributed by atoms with E-state index in [0.29, 0.717) is 5.69 Å². The molecule has 0 aliphatic rings. The zero-order valence-corrected chi connectivity index (χ0v) is 19.5. The van der Waals surface area contributed by atoms with E-state index in [2.05, 4.69) is 41.8 Å². The highest BCUT2D eigenvalue weighted by Crippen LogP contribution is 2.27. The van der Waals surface area contributed by atoms with Gasteiger partial charge < -0.3 is 25.3 Å². The van der Waals surface area contributed by atoms with E-state index in [1.807, 2.05) is 0 Å². The highest BCUT2D eigenvalue weighted by Gasteiger charge is 2.25. The molecular formula is C17H14BrClN8O7. The second-order valence-electron chi connectivity index (χ2n) is 6.59. The summed E-state index contributed by atoms with van der Waals surface area (Å²) >= 11 is 9.00. The minimum atomic E-state index is -0.703. The number of nitrogens with zero attached hydrogens (tertiary/aromatic N) is 6. The Hall–Kier alpha value is -3.92. The summed E-state index contributed by atoms with van der Waals surface area (Å²) in [7, 11) is 0. The van der Waals surface area contributed by atoms with Crippen LogP contribution in [0.3, 0.4) is 0 Å². The average Bonchev–Trinajstić information content (AvgIpc) is 3.36. The number of halogens is 2. The lowest BCUT2D eigenvalue weighted by molar-refractivity contribution is -0.390. The lowest BCUT2D eigenvalue weighted by Crippen LogP contribution is -2.35. The normalized spacial score (nSPS) is 10.7. The average molecular weight is 558 g/mol. The summed E-state index contributed by atoms with van der Waals surface area (Å²) in [6.45, 7) is 1.56. The van der Waals surface area contributed by atoms with Crippen LogP contribution in [0.25, 0.3) is 0 Å². The molecule has 3 aromatic rings. The van der Waals surface area contributed by atoms with Crippen molar-refractivity contribution in [1.29, 1.82) is 0 Å². The monoisotopic (exact) mass is 556 g/mol. The Balaban J connectivity index is 1.51. The first-order chi connectivity index (χ1) is 16.1. The van der Waals surface area contributed by atoms with Gasteiger partial charge in [0, 0.05) is 25.2 Å². The van der Waals surface area contributed by atoms with Crippen molar-refractivity contribution in [3.63, 3.8) is 0 Å². The predicted molar refractivity (Wildman–Crippen MR) is 117 cm³/mol. The number of nitro benzene ring substituents is 1. The summed E-state index contributed by atoms with van der Waals surface area (Å²) in [4.78, 5) is 48.7. The molecule has 178 valence electrons. The molecule has 0 spiro atoms. The van der Waals surface area contributed by atoms with Gasteiger partial charge in [-0.15, -0.1) is 0 Å². The molecule has 0 atom stereocenters. The van der Waals surface area contributed by atoms with Crippen LogP contribution in [0.15, 0.2) is 27.2 Å². The van der Waals surface area contributed by atoms with Crippen LogP contribution < -0.4 is 10.6 Å². The maximum Gasteiger partial charge on any atom is 0.404 e. The third kappa shape index (κ3) is 5.52. The fraction of sp³-hybridized carbons (Fsp3) is 0.235. The summed E-state index contributed by atoms with van der Waals surface area (Å²) in [6.07, 6.45) is 0. The Kier molecular flexibility index (Phi) is 7.52. The van der Waals surface area contributed by atoms with E-state index in [0.717, 1.165) is 12.1 Å². The van der Waals surface area contributed by atoms with Gasteiger partial charge in [-0.05, 0) is 33.8 Å². The van der Waals surface area contributed by atoms with Crippen LogP contribution in [-0.4, -0.2) is 54.7 Å². The third-order valence-corrected chi connectivity index (χ3v) is 5.59. The standard InChI is InChI=1S/C17H14BrClN8O7/c1-8-13(18)14(27(32)33)23-25(8)7-12-22-17(34-24-12)16(29)21-5-4-20-15(28)10-3-2-9(26(30)31)6-11(10)19/h2-3,6H,4-5,7H2,1H3,(H,20,28)(H,21,29). The van der Waals surface area contributed by atoms with Crippen LogP contribution in [0.2, 0.25) is 5.02 Å². The SMILES string of the molecule is Cc1c(Br)c([N+](=O)[O-])nn1Cc1noc(C(=O)NCCNC(=O)c2ccc([N+](=O)[O-])cc2Cl)n1. The lowest BCUT2D eigenvalue weighted by Gasteiger charge is -2.07. The number of benzene rings is 1. The van der Waals surface area contributed by atoms with Crippen LogP contribution in [0.4, 0.5) is 11.5 Å². The van der Waals surface area contributed by atoms with E-state index in [-0.39, 0.29) is 57.9 Å². The fourth-order valence-corrected chi connectivity index (χ4v) is 3.34. The molecular weight excluding hydrogens is 544 g/mol. The molecule has 0 bridgehead atoms. The van der Waals surface area contributed by atoms with Gasteiger partial charge in [-0.3, -0.25) is 19.7 Å². The van der Waals surface area contributed by atoms with Gasteiger partial charge in [0.05, 0.1) is 26.3 Å². The Morgan fingerprint density at radius 3 is 2.44 bits per heavy atom. The minimum absolute atomic E-state index is 0.00426. The summed E-state index contributed by atoms with van der Waals surface area (Å²) in [6, 6.07) is 3.44. The molecule has 17 heteroatoms. The van der Waals surface area contributed by atoms with Crippen LogP contribution in [0, 0.1) is 27.2 Å². The number of carbonyl (C=O) groups excluding carboxylic acids is 2. The summed E-state index contributed by atoms with van der Waals surface area (Å²) in [5.74, 6) is -1.93. The van der Waals surface area contributed by atoms with Crippen molar-refractivity contribution in [1.82, 2.24) is 30.6 Å². The topological polar surface area (TPSA) is 201 Å². The molecule has 0 unspecified atom stereocenters. The van der Waals surface area contributed by atoms with Gasteiger partial charge in [-0.1, -0.05) is 16.8 Å². The van der Waals surface area contributed by atoms with Gasteiger partial charge in [-0.25, -0.2) is 0 Å². The number of amides is 2. The first kappa shape index (κ1) is 24.7. The van der Waals surface area contributed by atoms with Gasteiger partial charge in [0.2, 0.25) is 0 Å². The van der Waals surface area contributed by atoms with Gasteiger partial charge in [-0.2, -0.15) is 9.67 Å². The van der Waals surface area contributed by atoms with Gasteiger partial charge in [0.15, 0.2) is 5.82 Å². The van der Waals surface area contributed by atoms with Crippen molar-refractivity contribution < 1.29 is 24.0 Å². The quantitative estimate of drug-likeness (QED) is 0.222. The highest BCUT2D eigenvalue weighted by molar-refractivity contribution is 9.10. The van der Waals surface area contributed by atoms with E-state index < -0.39 is 21.7 Å². The summed E-state index contributed by atoms with van der Waals surface area (Å²) in [5, 5.41) is 34.1. The molecule has 2 heterocycles. The smallest absolute Gasteiger partial charge is 0.358 e. The molecule has 2 N–H and O–H groups in total. The van der Waals surface area contributed by atoms with Crippen molar-refractivity contribution in [2.24, 2.45) is 0 Å². The van der Waals surface area contributed by atoms with Crippen molar-refractivity contribution in [2.75, 3.05) is 13.1 Å². The second kappa shape index (κ2) is 10.3. The number of hydrogen-bond acceptors (Lipinski definition) is 10. The minimum Gasteiger partial charge on any atom is -0.358 e. The zero-order valence-electron chi connectivity index (χ0n) is 17.2. The van der Waals surface area contributed by atoms with Gasteiger partial charge >= 0.3 is 17.6 Å². The van der Waals surface area contributed by atoms with E-state index in [1.54, 1.807) is 6.92 Å². The zero-order chi connectivity index (χ0) is 25.0. The van der Waals surface area contributed by atoms with Crippen LogP contribution in [0.5, 0.6) is 0 Å². The van der Waals surface area contributed by atoms with Crippen LogP contribution >= 0.6 is 27.5 Å². The number of aromatic nitrogens is 4. The number of rotatable bonds is 9. The molecule has 2 aromatic heterocycles. The van der Waals surface area contributed by atoms with Crippen molar-refractivity contribution in [3.05, 3.63) is 70.9 Å². The predicted octanol–water partition coefficient (Wildman–Crippen LogP) is 2.01. The van der Waals surface area contributed by atoms with E-state index in [4.69, 9.17) is 16.1 Å². The van der Waals surface area contributed by atoms with E-state index in [9.17, 15) is 29.8 Å². The molecule has 0 fully saturated rings. The summed E-state index contributed by atoms with van der Waals surface area (Å²) in [5.41, 5.74) is 0.258. The van der Waals surface area contributed by atoms with Crippen LogP contribution in [-0.2, 0) is 6.54 Å². The lowest BCUT2D eigenvalue weighted by atomic mass is 10.2. The Morgan fingerprint density at radius 1 is 1.18 bits per heavy atom. The molecule has 0 saturated carbocycles. The molecule has 1 aromatic carbocycles. The fourth-order valence-electron chi connectivity index (χ4n) is 2.65. The second-order valence-corrected chi connectivity index (χ2v) is 7.79. The number of carbonyl (C=O) groups is 2. The van der Waals surface area contributed by atoms with E-state index in [1.165, 1.54) is 10.7 Å². The van der Waals surface area contributed by atoms with Crippen molar-refractivity contribution >= 4 is 50.9 Å². The van der Waals surface area contributed by atoms with Gasteiger partial charge in [0.1, 0.15) is 11.0 Å². The Morgan fingerprint density at radius 2 is 1.85 bits per heavy atom. The number of nitrogens with one attached hydrogen (secondary N) is 2.